The van der Waals surface area contributed by atoms with Gasteiger partial charge in [-0.15, -0.1) is 0 Å². The van der Waals surface area contributed by atoms with E-state index in [1.165, 1.54) is 0 Å². The summed E-state index contributed by atoms with van der Waals surface area (Å²) in [5.41, 5.74) is 1.35. The molecule has 0 heterocycles. The zero-order valence-electron chi connectivity index (χ0n) is 12.3. The van der Waals surface area contributed by atoms with E-state index in [2.05, 4.69) is 15.9 Å². The number of aliphatic hydroxyl groups excluding tert-OH is 1. The first-order valence-electron chi connectivity index (χ1n) is 6.69. The maximum atomic E-state index is 11.9. The summed E-state index contributed by atoms with van der Waals surface area (Å²) in [6, 6.07) is 5.11. The van der Waals surface area contributed by atoms with Gasteiger partial charge in [0, 0.05) is 4.47 Å². The summed E-state index contributed by atoms with van der Waals surface area (Å²) < 4.78 is 10.6. The van der Waals surface area contributed by atoms with Crippen LogP contribution >= 0.6 is 15.9 Å². The van der Waals surface area contributed by atoms with E-state index in [1.54, 1.807) is 32.0 Å². The quantitative estimate of drug-likeness (QED) is 0.624. The Labute approximate surface area is 132 Å². The van der Waals surface area contributed by atoms with Crippen molar-refractivity contribution in [2.24, 2.45) is 5.92 Å². The minimum absolute atomic E-state index is 0.126. The van der Waals surface area contributed by atoms with Gasteiger partial charge in [-0.05, 0) is 38.0 Å². The molecule has 0 aliphatic heterocycles. The second-order valence-electron chi connectivity index (χ2n) is 4.44. The molecule has 0 spiro atoms. The topological polar surface area (TPSA) is 72.8 Å². The Kier molecular flexibility index (Phi) is 6.84. The molecule has 0 aromatic heterocycles. The van der Waals surface area contributed by atoms with Crippen LogP contribution in [-0.2, 0) is 19.1 Å². The summed E-state index contributed by atoms with van der Waals surface area (Å²) >= 11 is 3.36. The van der Waals surface area contributed by atoms with E-state index in [0.29, 0.717) is 5.56 Å². The van der Waals surface area contributed by atoms with Crippen molar-refractivity contribution in [2.45, 2.75) is 26.9 Å². The van der Waals surface area contributed by atoms with E-state index in [0.717, 1.165) is 10.0 Å². The molecule has 1 aromatic carbocycles. The molecule has 1 aromatic rings. The van der Waals surface area contributed by atoms with Gasteiger partial charge in [0.15, 0.2) is 5.92 Å². The third-order valence-corrected chi connectivity index (χ3v) is 3.81. The third kappa shape index (κ3) is 4.54. The first-order valence-corrected chi connectivity index (χ1v) is 7.49. The number of carbonyl (C=O) groups is 2. The molecule has 1 N–H and O–H groups in total. The molecule has 0 radical (unpaired) electrons. The Balaban J connectivity index is 3.08. The number of hydrogen-bond acceptors (Lipinski definition) is 5. The van der Waals surface area contributed by atoms with E-state index < -0.39 is 24.0 Å². The average molecular weight is 359 g/mol. The summed E-state index contributed by atoms with van der Waals surface area (Å²) in [6.07, 6.45) is -1.31. The number of esters is 2. The molecule has 21 heavy (non-hydrogen) atoms. The Bertz CT molecular complexity index is 497. The standard InChI is InChI=1S/C15H19BrO5/c1-4-20-14(18)12(15(19)21-5-2)13(17)10-6-7-11(16)9(3)8-10/h6-8,12-13,17H,4-5H2,1-3H3. The molecule has 1 rings (SSSR count). The lowest BCUT2D eigenvalue weighted by atomic mass is 9.94. The van der Waals surface area contributed by atoms with Crippen LogP contribution in [0.3, 0.4) is 0 Å². The zero-order chi connectivity index (χ0) is 16.0. The first-order chi connectivity index (χ1) is 9.92. The van der Waals surface area contributed by atoms with Crippen molar-refractivity contribution >= 4 is 27.9 Å². The lowest BCUT2D eigenvalue weighted by Gasteiger charge is -2.20. The fourth-order valence-corrected chi connectivity index (χ4v) is 2.11. The van der Waals surface area contributed by atoms with Gasteiger partial charge in [-0.3, -0.25) is 9.59 Å². The third-order valence-electron chi connectivity index (χ3n) is 2.92. The van der Waals surface area contributed by atoms with Gasteiger partial charge in [0.25, 0.3) is 0 Å². The van der Waals surface area contributed by atoms with Crippen molar-refractivity contribution < 1.29 is 24.2 Å². The lowest BCUT2D eigenvalue weighted by molar-refractivity contribution is -0.167. The summed E-state index contributed by atoms with van der Waals surface area (Å²) in [5, 5.41) is 10.4. The van der Waals surface area contributed by atoms with Gasteiger partial charge in [-0.1, -0.05) is 28.1 Å². The Morgan fingerprint density at radius 2 is 1.71 bits per heavy atom. The molecule has 1 atom stereocenters. The molecule has 0 saturated carbocycles. The normalized spacial score (nSPS) is 12.1. The predicted octanol–water partition coefficient (Wildman–Crippen LogP) is 2.53. The van der Waals surface area contributed by atoms with Crippen molar-refractivity contribution in [3.05, 3.63) is 33.8 Å². The number of hydrogen-bond donors (Lipinski definition) is 1. The summed E-state index contributed by atoms with van der Waals surface area (Å²) in [5.74, 6) is -2.96. The van der Waals surface area contributed by atoms with E-state index in [1.807, 2.05) is 6.92 Å². The van der Waals surface area contributed by atoms with E-state index in [-0.39, 0.29) is 13.2 Å². The fraction of sp³-hybridized carbons (Fsp3) is 0.467. The van der Waals surface area contributed by atoms with Crippen LogP contribution in [0, 0.1) is 12.8 Å². The van der Waals surface area contributed by atoms with Crippen molar-refractivity contribution in [3.63, 3.8) is 0 Å². The van der Waals surface area contributed by atoms with Gasteiger partial charge in [0.1, 0.15) is 6.10 Å². The van der Waals surface area contributed by atoms with Crippen molar-refractivity contribution in [2.75, 3.05) is 13.2 Å². The van der Waals surface area contributed by atoms with E-state index in [4.69, 9.17) is 9.47 Å². The van der Waals surface area contributed by atoms with Gasteiger partial charge in [-0.25, -0.2) is 0 Å². The Morgan fingerprint density at radius 1 is 1.19 bits per heavy atom. The largest absolute Gasteiger partial charge is 0.465 e. The molecule has 5 nitrogen and oxygen atoms in total. The van der Waals surface area contributed by atoms with E-state index in [9.17, 15) is 14.7 Å². The highest BCUT2D eigenvalue weighted by atomic mass is 79.9. The molecule has 1 unspecified atom stereocenters. The number of aliphatic hydroxyl groups is 1. The monoisotopic (exact) mass is 358 g/mol. The van der Waals surface area contributed by atoms with Gasteiger partial charge >= 0.3 is 11.9 Å². The minimum Gasteiger partial charge on any atom is -0.465 e. The van der Waals surface area contributed by atoms with Crippen LogP contribution in [0.15, 0.2) is 22.7 Å². The maximum Gasteiger partial charge on any atom is 0.323 e. The van der Waals surface area contributed by atoms with E-state index >= 15 is 0 Å². The Hall–Kier alpha value is -1.40. The minimum atomic E-state index is -1.38. The molecule has 0 aliphatic rings. The highest BCUT2D eigenvalue weighted by molar-refractivity contribution is 9.10. The second kappa shape index (κ2) is 8.14. The van der Waals surface area contributed by atoms with Crippen LogP contribution in [0.2, 0.25) is 0 Å². The van der Waals surface area contributed by atoms with Crippen LogP contribution in [-0.4, -0.2) is 30.3 Å². The SMILES string of the molecule is CCOC(=O)C(C(=O)OCC)C(O)c1ccc(Br)c(C)c1. The number of carbonyl (C=O) groups excluding carboxylic acids is 2. The van der Waals surface area contributed by atoms with Crippen LogP contribution in [0.4, 0.5) is 0 Å². The highest BCUT2D eigenvalue weighted by Crippen LogP contribution is 2.28. The number of aryl methyl sites for hydroxylation is 1. The predicted molar refractivity (Wildman–Crippen MR) is 80.6 cm³/mol. The molecule has 0 amide bonds. The van der Waals surface area contributed by atoms with Crippen LogP contribution in [0.1, 0.15) is 31.1 Å². The molecular weight excluding hydrogens is 340 g/mol. The average Bonchev–Trinajstić information content (AvgIpc) is 2.42. The number of halogens is 1. The number of benzene rings is 1. The molecule has 0 bridgehead atoms. The fourth-order valence-electron chi connectivity index (χ4n) is 1.86. The molecule has 0 saturated heterocycles. The van der Waals surface area contributed by atoms with Crippen molar-refractivity contribution in [1.29, 1.82) is 0 Å². The van der Waals surface area contributed by atoms with Crippen molar-refractivity contribution in [3.8, 4) is 0 Å². The smallest absolute Gasteiger partial charge is 0.323 e. The first kappa shape index (κ1) is 17.7. The molecule has 6 heteroatoms. The molecule has 116 valence electrons. The highest BCUT2D eigenvalue weighted by Gasteiger charge is 2.37. The number of ether oxygens (including phenoxy) is 2. The van der Waals surface area contributed by atoms with Gasteiger partial charge in [0.2, 0.25) is 0 Å². The van der Waals surface area contributed by atoms with Gasteiger partial charge < -0.3 is 14.6 Å². The molecular formula is C15H19BrO5. The molecule has 0 aliphatic carbocycles. The second-order valence-corrected chi connectivity index (χ2v) is 5.29. The number of rotatable bonds is 6. The van der Waals surface area contributed by atoms with Crippen LogP contribution in [0.25, 0.3) is 0 Å². The lowest BCUT2D eigenvalue weighted by Crippen LogP contribution is -2.33. The van der Waals surface area contributed by atoms with Crippen LogP contribution in [0.5, 0.6) is 0 Å². The zero-order valence-corrected chi connectivity index (χ0v) is 13.8. The summed E-state index contributed by atoms with van der Waals surface area (Å²) in [6.45, 7) is 5.37. The summed E-state index contributed by atoms with van der Waals surface area (Å²) in [4.78, 5) is 23.9. The van der Waals surface area contributed by atoms with Crippen LogP contribution < -0.4 is 0 Å². The van der Waals surface area contributed by atoms with Gasteiger partial charge in [0.05, 0.1) is 13.2 Å². The molecule has 0 fully saturated rings. The maximum absolute atomic E-state index is 11.9. The van der Waals surface area contributed by atoms with Gasteiger partial charge in [-0.2, -0.15) is 0 Å². The summed E-state index contributed by atoms with van der Waals surface area (Å²) in [7, 11) is 0. The Morgan fingerprint density at radius 3 is 2.14 bits per heavy atom. The van der Waals surface area contributed by atoms with Crippen molar-refractivity contribution in [1.82, 2.24) is 0 Å².